The van der Waals surface area contributed by atoms with Crippen LogP contribution >= 0.6 is 0 Å². The predicted octanol–water partition coefficient (Wildman–Crippen LogP) is 1.95. The van der Waals surface area contributed by atoms with Crippen LogP contribution < -0.4 is 4.90 Å². The van der Waals surface area contributed by atoms with Crippen LogP contribution in [0.5, 0.6) is 0 Å². The molecule has 0 amide bonds. The van der Waals surface area contributed by atoms with Crippen molar-refractivity contribution in [2.45, 2.75) is 30.8 Å². The first kappa shape index (κ1) is 12.6. The van der Waals surface area contributed by atoms with Gasteiger partial charge in [0, 0.05) is 18.9 Å². The Bertz CT molecular complexity index is 674. The molecule has 21 heavy (non-hydrogen) atoms. The zero-order valence-electron chi connectivity index (χ0n) is 11.2. The van der Waals surface area contributed by atoms with Gasteiger partial charge >= 0.3 is 0 Å². The normalized spacial score (nSPS) is 25.5. The summed E-state index contributed by atoms with van der Waals surface area (Å²) in [7, 11) is 0. The van der Waals surface area contributed by atoms with E-state index in [1.54, 1.807) is 0 Å². The van der Waals surface area contributed by atoms with Crippen LogP contribution in [0.4, 0.5) is 14.6 Å². The Morgan fingerprint density at radius 3 is 3.00 bits per heavy atom. The molecule has 0 N–H and O–H groups in total. The number of halogens is 2. The first-order valence-corrected chi connectivity index (χ1v) is 6.89. The minimum absolute atomic E-state index is 0.0126. The standard InChI is InChI=1S/C13H13F2N5O/c14-9-5-16-7-17-11(9)20-4-3-13(15,6-20)12-18-10(19-21-12)8-1-2-8/h5,7-8H,1-4,6H2. The number of anilines is 1. The average molecular weight is 293 g/mol. The second kappa shape index (κ2) is 4.44. The van der Waals surface area contributed by atoms with Crippen molar-refractivity contribution in [1.82, 2.24) is 20.1 Å². The minimum Gasteiger partial charge on any atom is -0.350 e. The molecule has 1 unspecified atom stereocenters. The van der Waals surface area contributed by atoms with Gasteiger partial charge in [0.05, 0.1) is 12.7 Å². The second-order valence-electron chi connectivity index (χ2n) is 5.56. The maximum Gasteiger partial charge on any atom is 0.266 e. The Labute approximate surface area is 119 Å². The summed E-state index contributed by atoms with van der Waals surface area (Å²) in [5, 5.41) is 3.84. The third kappa shape index (κ3) is 2.14. The number of rotatable bonds is 3. The van der Waals surface area contributed by atoms with E-state index in [0.717, 1.165) is 19.0 Å². The van der Waals surface area contributed by atoms with Crippen LogP contribution in [0, 0.1) is 5.82 Å². The molecule has 2 aliphatic rings. The summed E-state index contributed by atoms with van der Waals surface area (Å²) < 4.78 is 33.8. The fourth-order valence-electron chi connectivity index (χ4n) is 2.59. The molecule has 110 valence electrons. The van der Waals surface area contributed by atoms with Crippen molar-refractivity contribution in [3.63, 3.8) is 0 Å². The molecule has 1 aliphatic carbocycles. The van der Waals surface area contributed by atoms with Crippen LogP contribution in [0.1, 0.15) is 36.9 Å². The van der Waals surface area contributed by atoms with E-state index in [4.69, 9.17) is 4.52 Å². The first-order chi connectivity index (χ1) is 10.2. The molecular weight excluding hydrogens is 280 g/mol. The molecule has 0 bridgehead atoms. The molecule has 1 saturated heterocycles. The third-order valence-corrected chi connectivity index (χ3v) is 3.93. The lowest BCUT2D eigenvalue weighted by Crippen LogP contribution is -2.28. The SMILES string of the molecule is Fc1cncnc1N1CCC(F)(c2nc(C3CC3)no2)C1. The van der Waals surface area contributed by atoms with Gasteiger partial charge in [-0.05, 0) is 12.8 Å². The Hall–Kier alpha value is -2.12. The summed E-state index contributed by atoms with van der Waals surface area (Å²) >= 11 is 0. The summed E-state index contributed by atoms with van der Waals surface area (Å²) in [4.78, 5) is 13.2. The molecule has 1 atom stereocenters. The molecule has 0 radical (unpaired) electrons. The Balaban J connectivity index is 1.57. The number of nitrogens with zero attached hydrogens (tertiary/aromatic N) is 5. The molecule has 1 aliphatic heterocycles. The van der Waals surface area contributed by atoms with E-state index in [9.17, 15) is 4.39 Å². The fourth-order valence-corrected chi connectivity index (χ4v) is 2.59. The molecule has 2 fully saturated rings. The monoisotopic (exact) mass is 293 g/mol. The summed E-state index contributed by atoms with van der Waals surface area (Å²) in [6.45, 7) is 0.290. The lowest BCUT2D eigenvalue weighted by molar-refractivity contribution is 0.135. The van der Waals surface area contributed by atoms with Crippen molar-refractivity contribution < 1.29 is 13.3 Å². The molecule has 1 saturated carbocycles. The summed E-state index contributed by atoms with van der Waals surface area (Å²) in [5.41, 5.74) is -1.75. The molecule has 2 aromatic heterocycles. The molecule has 0 aromatic carbocycles. The van der Waals surface area contributed by atoms with Crippen molar-refractivity contribution in [2.75, 3.05) is 18.0 Å². The van der Waals surface area contributed by atoms with E-state index in [0.29, 0.717) is 18.3 Å². The van der Waals surface area contributed by atoms with Gasteiger partial charge in [0.2, 0.25) is 5.67 Å². The largest absolute Gasteiger partial charge is 0.350 e. The summed E-state index contributed by atoms with van der Waals surface area (Å²) in [6.07, 6.45) is 4.53. The number of aromatic nitrogens is 4. The van der Waals surface area contributed by atoms with Gasteiger partial charge in [-0.3, -0.25) is 0 Å². The van der Waals surface area contributed by atoms with Crippen molar-refractivity contribution in [3.05, 3.63) is 30.1 Å². The Morgan fingerprint density at radius 1 is 1.38 bits per heavy atom. The lowest BCUT2D eigenvalue weighted by Gasteiger charge is -2.18. The van der Waals surface area contributed by atoms with Gasteiger partial charge in [0.1, 0.15) is 6.33 Å². The Kier molecular flexibility index (Phi) is 2.66. The topological polar surface area (TPSA) is 67.9 Å². The maximum atomic E-state index is 15.0. The van der Waals surface area contributed by atoms with Gasteiger partial charge in [0.15, 0.2) is 17.5 Å². The van der Waals surface area contributed by atoms with Crippen LogP contribution in [0.15, 0.2) is 17.0 Å². The van der Waals surface area contributed by atoms with Crippen molar-refractivity contribution in [1.29, 1.82) is 0 Å². The van der Waals surface area contributed by atoms with Gasteiger partial charge in [-0.25, -0.2) is 18.7 Å². The van der Waals surface area contributed by atoms with Gasteiger partial charge in [0.25, 0.3) is 5.89 Å². The first-order valence-electron chi connectivity index (χ1n) is 6.89. The van der Waals surface area contributed by atoms with Gasteiger partial charge in [-0.15, -0.1) is 0 Å². The second-order valence-corrected chi connectivity index (χ2v) is 5.56. The van der Waals surface area contributed by atoms with Crippen LogP contribution in [0.3, 0.4) is 0 Å². The van der Waals surface area contributed by atoms with Crippen molar-refractivity contribution in [2.24, 2.45) is 0 Å². The minimum atomic E-state index is -1.75. The number of hydrogen-bond acceptors (Lipinski definition) is 6. The van der Waals surface area contributed by atoms with Crippen LogP contribution in [0.2, 0.25) is 0 Å². The number of alkyl halides is 1. The van der Waals surface area contributed by atoms with Crippen LogP contribution in [-0.4, -0.2) is 33.2 Å². The molecule has 3 heterocycles. The quantitative estimate of drug-likeness (QED) is 0.861. The molecular formula is C13H13F2N5O. The highest BCUT2D eigenvalue weighted by molar-refractivity contribution is 5.41. The number of hydrogen-bond donors (Lipinski definition) is 0. The van der Waals surface area contributed by atoms with E-state index in [-0.39, 0.29) is 24.7 Å². The Morgan fingerprint density at radius 2 is 2.24 bits per heavy atom. The zero-order chi connectivity index (χ0) is 14.4. The van der Waals surface area contributed by atoms with Crippen LogP contribution in [0.25, 0.3) is 0 Å². The highest BCUT2D eigenvalue weighted by atomic mass is 19.1. The van der Waals surface area contributed by atoms with E-state index in [1.165, 1.54) is 11.2 Å². The summed E-state index contributed by atoms with van der Waals surface area (Å²) in [5.74, 6) is 0.412. The maximum absolute atomic E-state index is 15.0. The summed E-state index contributed by atoms with van der Waals surface area (Å²) in [6, 6.07) is 0. The molecule has 4 rings (SSSR count). The zero-order valence-corrected chi connectivity index (χ0v) is 11.2. The van der Waals surface area contributed by atoms with Gasteiger partial charge in [-0.2, -0.15) is 4.98 Å². The third-order valence-electron chi connectivity index (χ3n) is 3.93. The highest BCUT2D eigenvalue weighted by Crippen LogP contribution is 2.41. The van der Waals surface area contributed by atoms with Gasteiger partial charge in [-0.1, -0.05) is 5.16 Å². The van der Waals surface area contributed by atoms with E-state index < -0.39 is 11.5 Å². The molecule has 2 aromatic rings. The fraction of sp³-hybridized carbons (Fsp3) is 0.538. The predicted molar refractivity (Wildman–Crippen MR) is 67.9 cm³/mol. The average Bonchev–Trinajstić information content (AvgIpc) is 3.06. The lowest BCUT2D eigenvalue weighted by atomic mass is 10.1. The van der Waals surface area contributed by atoms with Crippen molar-refractivity contribution in [3.8, 4) is 0 Å². The van der Waals surface area contributed by atoms with Crippen molar-refractivity contribution >= 4 is 5.82 Å². The molecule has 8 heteroatoms. The molecule has 0 spiro atoms. The highest BCUT2D eigenvalue weighted by Gasteiger charge is 2.46. The van der Waals surface area contributed by atoms with Gasteiger partial charge < -0.3 is 9.42 Å². The van der Waals surface area contributed by atoms with Crippen LogP contribution in [-0.2, 0) is 5.67 Å². The van der Waals surface area contributed by atoms with E-state index >= 15 is 4.39 Å². The smallest absolute Gasteiger partial charge is 0.266 e. The van der Waals surface area contributed by atoms with E-state index in [1.807, 2.05) is 0 Å². The van der Waals surface area contributed by atoms with E-state index in [2.05, 4.69) is 20.1 Å². The molecule has 6 nitrogen and oxygen atoms in total.